The van der Waals surface area contributed by atoms with E-state index >= 15 is 0 Å². The largest absolute Gasteiger partial charge is 0.354 e. The molecule has 0 aromatic heterocycles. The lowest BCUT2D eigenvalue weighted by atomic mass is 10.1. The fraction of sp³-hybridized carbons (Fsp3) is 0.818. The van der Waals surface area contributed by atoms with Crippen LogP contribution in [0.3, 0.4) is 0 Å². The Morgan fingerprint density at radius 1 is 1.38 bits per heavy atom. The first-order valence-electron chi connectivity index (χ1n) is 5.45. The molecule has 0 aliphatic rings. The van der Waals surface area contributed by atoms with Crippen molar-refractivity contribution >= 4 is 11.8 Å². The Labute approximate surface area is 97.4 Å². The van der Waals surface area contributed by atoms with Gasteiger partial charge in [0.25, 0.3) is 0 Å². The smallest absolute Gasteiger partial charge is 0.242 e. The van der Waals surface area contributed by atoms with Crippen LogP contribution in [0.15, 0.2) is 0 Å². The highest BCUT2D eigenvalue weighted by Crippen LogP contribution is 2.01. The van der Waals surface area contributed by atoms with Gasteiger partial charge in [-0.2, -0.15) is 0 Å². The van der Waals surface area contributed by atoms with Crippen LogP contribution in [0.4, 0.5) is 0 Å². The number of carbonyl (C=O) groups is 2. The molecule has 0 atom stereocenters. The Kier molecular flexibility index (Phi) is 5.44. The minimum absolute atomic E-state index is 0.0478. The zero-order valence-corrected chi connectivity index (χ0v) is 10.8. The van der Waals surface area contributed by atoms with Gasteiger partial charge in [0.2, 0.25) is 11.8 Å². The Morgan fingerprint density at radius 3 is 2.25 bits per heavy atom. The molecule has 0 aromatic carbocycles. The maximum atomic E-state index is 11.7. The van der Waals surface area contributed by atoms with Crippen LogP contribution >= 0.6 is 0 Å². The number of nitrogens with two attached hydrogens (primary N) is 1. The summed E-state index contributed by atoms with van der Waals surface area (Å²) in [7, 11) is 1.58. The van der Waals surface area contributed by atoms with E-state index in [2.05, 4.69) is 5.32 Å². The number of amides is 2. The zero-order valence-electron chi connectivity index (χ0n) is 10.8. The van der Waals surface area contributed by atoms with E-state index in [1.165, 1.54) is 4.90 Å². The Morgan fingerprint density at radius 2 is 1.88 bits per heavy atom. The summed E-state index contributed by atoms with van der Waals surface area (Å²) >= 11 is 0. The van der Waals surface area contributed by atoms with Gasteiger partial charge in [-0.25, -0.2) is 0 Å². The SMILES string of the molecule is CC(C)CNC(=O)CN(C)C(=O)C(C)(C)N. The van der Waals surface area contributed by atoms with Gasteiger partial charge in [-0.05, 0) is 19.8 Å². The van der Waals surface area contributed by atoms with Gasteiger partial charge < -0.3 is 16.0 Å². The third-order valence-corrected chi connectivity index (χ3v) is 1.99. The van der Waals surface area contributed by atoms with Crippen LogP contribution in [-0.4, -0.2) is 42.4 Å². The molecule has 0 spiro atoms. The average Bonchev–Trinajstić information content (AvgIpc) is 2.11. The molecule has 0 saturated heterocycles. The van der Waals surface area contributed by atoms with Gasteiger partial charge in [-0.15, -0.1) is 0 Å². The molecule has 0 unspecified atom stereocenters. The summed E-state index contributed by atoms with van der Waals surface area (Å²) < 4.78 is 0. The van der Waals surface area contributed by atoms with E-state index in [1.54, 1.807) is 20.9 Å². The predicted octanol–water partition coefficient (Wildman–Crippen LogP) is -0.0457. The van der Waals surface area contributed by atoms with Crippen LogP contribution in [0.1, 0.15) is 27.7 Å². The first-order valence-corrected chi connectivity index (χ1v) is 5.45. The van der Waals surface area contributed by atoms with E-state index in [1.807, 2.05) is 13.8 Å². The number of nitrogens with zero attached hydrogens (tertiary/aromatic N) is 1. The lowest BCUT2D eigenvalue weighted by Crippen LogP contribution is -2.52. The Hall–Kier alpha value is -1.10. The van der Waals surface area contributed by atoms with Crippen molar-refractivity contribution in [1.82, 2.24) is 10.2 Å². The molecule has 0 radical (unpaired) electrons. The van der Waals surface area contributed by atoms with E-state index < -0.39 is 5.54 Å². The monoisotopic (exact) mass is 229 g/mol. The number of nitrogens with one attached hydrogen (secondary N) is 1. The molecule has 3 N–H and O–H groups in total. The van der Waals surface area contributed by atoms with Crippen molar-refractivity contribution in [3.8, 4) is 0 Å². The molecule has 0 bridgehead atoms. The van der Waals surface area contributed by atoms with Crippen LogP contribution < -0.4 is 11.1 Å². The van der Waals surface area contributed by atoms with Crippen molar-refractivity contribution in [3.05, 3.63) is 0 Å². The molecule has 0 aliphatic heterocycles. The first-order chi connectivity index (χ1) is 7.14. The molecule has 0 heterocycles. The first kappa shape index (κ1) is 14.9. The molecule has 0 aliphatic carbocycles. The second-order valence-corrected chi connectivity index (χ2v) is 5.08. The maximum Gasteiger partial charge on any atom is 0.242 e. The second kappa shape index (κ2) is 5.84. The Bertz CT molecular complexity index is 256. The summed E-state index contributed by atoms with van der Waals surface area (Å²) in [6.45, 7) is 7.94. The quantitative estimate of drug-likeness (QED) is 0.694. The number of carbonyl (C=O) groups excluding carboxylic acids is 2. The summed E-state index contributed by atoms with van der Waals surface area (Å²) in [5.74, 6) is -0.00287. The lowest BCUT2D eigenvalue weighted by Gasteiger charge is -2.25. The van der Waals surface area contributed by atoms with Crippen molar-refractivity contribution in [2.45, 2.75) is 33.2 Å². The number of hydrogen-bond acceptors (Lipinski definition) is 3. The molecule has 2 amide bonds. The van der Waals surface area contributed by atoms with E-state index in [4.69, 9.17) is 5.73 Å². The van der Waals surface area contributed by atoms with Gasteiger partial charge in [-0.3, -0.25) is 9.59 Å². The molecule has 16 heavy (non-hydrogen) atoms. The summed E-state index contributed by atoms with van der Waals surface area (Å²) in [6, 6.07) is 0. The van der Waals surface area contributed by atoms with Gasteiger partial charge in [0.15, 0.2) is 0 Å². The molecule has 0 fully saturated rings. The van der Waals surface area contributed by atoms with E-state index in [-0.39, 0.29) is 18.4 Å². The van der Waals surface area contributed by atoms with Gasteiger partial charge in [0.05, 0.1) is 12.1 Å². The lowest BCUT2D eigenvalue weighted by molar-refractivity contribution is -0.138. The van der Waals surface area contributed by atoms with E-state index in [9.17, 15) is 9.59 Å². The van der Waals surface area contributed by atoms with Crippen LogP contribution in [0.25, 0.3) is 0 Å². The van der Waals surface area contributed by atoms with Crippen molar-refractivity contribution in [1.29, 1.82) is 0 Å². The number of rotatable bonds is 5. The zero-order chi connectivity index (χ0) is 12.9. The van der Waals surface area contributed by atoms with E-state index in [0.29, 0.717) is 12.5 Å². The number of hydrogen-bond donors (Lipinski definition) is 2. The Balaban J connectivity index is 4.10. The van der Waals surface area contributed by atoms with Crippen LogP contribution in [0.5, 0.6) is 0 Å². The summed E-state index contributed by atoms with van der Waals surface area (Å²) in [5.41, 5.74) is 4.72. The number of likely N-dealkylation sites (N-methyl/N-ethyl adjacent to an activating group) is 1. The molecule has 0 saturated carbocycles. The van der Waals surface area contributed by atoms with Gasteiger partial charge >= 0.3 is 0 Å². The second-order valence-electron chi connectivity index (χ2n) is 5.08. The third-order valence-electron chi connectivity index (χ3n) is 1.99. The van der Waals surface area contributed by atoms with Crippen molar-refractivity contribution in [2.75, 3.05) is 20.1 Å². The fourth-order valence-corrected chi connectivity index (χ4v) is 1.15. The van der Waals surface area contributed by atoms with Crippen LogP contribution in [0.2, 0.25) is 0 Å². The summed E-state index contributed by atoms with van der Waals surface area (Å²) in [4.78, 5) is 24.4. The third kappa shape index (κ3) is 5.70. The molecular weight excluding hydrogens is 206 g/mol. The molecule has 0 rings (SSSR count). The van der Waals surface area contributed by atoms with Crippen molar-refractivity contribution < 1.29 is 9.59 Å². The normalized spacial score (nSPS) is 11.4. The molecule has 5 nitrogen and oxygen atoms in total. The van der Waals surface area contributed by atoms with Crippen molar-refractivity contribution in [2.24, 2.45) is 11.7 Å². The van der Waals surface area contributed by atoms with Gasteiger partial charge in [-0.1, -0.05) is 13.8 Å². The van der Waals surface area contributed by atoms with Crippen LogP contribution in [-0.2, 0) is 9.59 Å². The highest BCUT2D eigenvalue weighted by atomic mass is 16.2. The van der Waals surface area contributed by atoms with E-state index in [0.717, 1.165) is 0 Å². The fourth-order valence-electron chi connectivity index (χ4n) is 1.15. The molecule has 0 aromatic rings. The summed E-state index contributed by atoms with van der Waals surface area (Å²) in [6.07, 6.45) is 0. The highest BCUT2D eigenvalue weighted by molar-refractivity contribution is 5.89. The van der Waals surface area contributed by atoms with Gasteiger partial charge in [0, 0.05) is 13.6 Å². The topological polar surface area (TPSA) is 75.4 Å². The minimum Gasteiger partial charge on any atom is -0.354 e. The predicted molar refractivity (Wildman–Crippen MR) is 63.8 cm³/mol. The minimum atomic E-state index is -0.937. The molecule has 94 valence electrons. The average molecular weight is 229 g/mol. The maximum absolute atomic E-state index is 11.7. The molecule has 5 heteroatoms. The molecular formula is C11H23N3O2. The standard InChI is InChI=1S/C11H23N3O2/c1-8(2)6-13-9(15)7-14(5)10(16)11(3,4)12/h8H,6-7,12H2,1-5H3,(H,13,15). The highest BCUT2D eigenvalue weighted by Gasteiger charge is 2.26. The van der Waals surface area contributed by atoms with Gasteiger partial charge in [0.1, 0.15) is 0 Å². The van der Waals surface area contributed by atoms with Crippen molar-refractivity contribution in [3.63, 3.8) is 0 Å². The summed E-state index contributed by atoms with van der Waals surface area (Å²) in [5, 5.41) is 2.75. The van der Waals surface area contributed by atoms with Crippen LogP contribution in [0, 0.1) is 5.92 Å².